The zero-order valence-electron chi connectivity index (χ0n) is 9.87. The lowest BCUT2D eigenvalue weighted by Crippen LogP contribution is -2.49. The molecular weight excluding hydrogens is 212 g/mol. The van der Waals surface area contributed by atoms with Crippen LogP contribution in [0.1, 0.15) is 5.56 Å². The largest absolute Gasteiger partial charge is 0.361 e. The Kier molecular flexibility index (Phi) is 3.09. The molecule has 0 radical (unpaired) electrons. The summed E-state index contributed by atoms with van der Waals surface area (Å²) in [5.74, 6) is 0. The van der Waals surface area contributed by atoms with E-state index in [9.17, 15) is 0 Å². The van der Waals surface area contributed by atoms with Gasteiger partial charge in [0, 0.05) is 49.8 Å². The molecule has 2 aromatic rings. The number of fused-ring (bicyclic) bond motifs is 1. The predicted octanol–water partition coefficient (Wildman–Crippen LogP) is 1.08. The highest BCUT2D eigenvalue weighted by molar-refractivity contribution is 5.82. The molecule has 3 rings (SSSR count). The van der Waals surface area contributed by atoms with Gasteiger partial charge in [0.1, 0.15) is 0 Å². The number of para-hydroxylation sites is 1. The summed E-state index contributed by atoms with van der Waals surface area (Å²) in [5.41, 5.74) is 6.03. The fraction of sp³-hybridized carbons (Fsp3) is 0.385. The summed E-state index contributed by atoms with van der Waals surface area (Å²) in [6.07, 6.45) is 2.10. The van der Waals surface area contributed by atoms with Gasteiger partial charge in [0.05, 0.1) is 0 Å². The second-order valence-electron chi connectivity index (χ2n) is 4.43. The number of benzene rings is 1. The Morgan fingerprint density at radius 3 is 2.88 bits per heavy atom. The van der Waals surface area contributed by atoms with Crippen molar-refractivity contribution in [1.82, 2.24) is 20.7 Å². The molecule has 2 heterocycles. The second kappa shape index (κ2) is 4.87. The van der Waals surface area contributed by atoms with Gasteiger partial charge in [0.2, 0.25) is 0 Å². The highest BCUT2D eigenvalue weighted by atomic mass is 15.5. The number of hydrazine groups is 1. The summed E-state index contributed by atoms with van der Waals surface area (Å²) in [5, 5.41) is 6.95. The van der Waals surface area contributed by atoms with Crippen molar-refractivity contribution in [3.8, 4) is 0 Å². The van der Waals surface area contributed by atoms with E-state index in [1.807, 2.05) is 0 Å². The molecule has 0 bridgehead atoms. The van der Waals surface area contributed by atoms with Crippen molar-refractivity contribution in [2.45, 2.75) is 6.54 Å². The topological polar surface area (TPSA) is 43.1 Å². The van der Waals surface area contributed by atoms with E-state index in [4.69, 9.17) is 0 Å². The summed E-state index contributed by atoms with van der Waals surface area (Å²) in [6, 6.07) is 8.43. The third-order valence-corrected chi connectivity index (χ3v) is 3.29. The SMILES string of the molecule is c1ccc2c(CNN3CCNCC3)c[nH]c2c1. The van der Waals surface area contributed by atoms with Crippen LogP contribution in [0.4, 0.5) is 0 Å². The monoisotopic (exact) mass is 230 g/mol. The molecule has 0 saturated carbocycles. The van der Waals surface area contributed by atoms with Crippen molar-refractivity contribution in [2.24, 2.45) is 0 Å². The van der Waals surface area contributed by atoms with Crippen molar-refractivity contribution >= 4 is 10.9 Å². The van der Waals surface area contributed by atoms with Crippen molar-refractivity contribution in [1.29, 1.82) is 0 Å². The lowest BCUT2D eigenvalue weighted by atomic mass is 10.2. The summed E-state index contributed by atoms with van der Waals surface area (Å²) in [6.45, 7) is 5.18. The lowest BCUT2D eigenvalue weighted by molar-refractivity contribution is 0.161. The Bertz CT molecular complexity index is 485. The molecule has 1 aliphatic heterocycles. The van der Waals surface area contributed by atoms with Gasteiger partial charge >= 0.3 is 0 Å². The first-order valence-electron chi connectivity index (χ1n) is 6.17. The van der Waals surface area contributed by atoms with Crippen LogP contribution in [-0.2, 0) is 6.54 Å². The van der Waals surface area contributed by atoms with Crippen LogP contribution in [0.5, 0.6) is 0 Å². The van der Waals surface area contributed by atoms with Crippen molar-refractivity contribution in [3.63, 3.8) is 0 Å². The molecule has 90 valence electrons. The zero-order valence-corrected chi connectivity index (χ0v) is 9.87. The highest BCUT2D eigenvalue weighted by Gasteiger charge is 2.09. The minimum absolute atomic E-state index is 0.893. The van der Waals surface area contributed by atoms with Crippen LogP contribution < -0.4 is 10.7 Å². The Balaban J connectivity index is 1.68. The Morgan fingerprint density at radius 1 is 1.18 bits per heavy atom. The third-order valence-electron chi connectivity index (χ3n) is 3.29. The number of aromatic amines is 1. The van der Waals surface area contributed by atoms with Gasteiger partial charge in [0.15, 0.2) is 0 Å². The first-order chi connectivity index (χ1) is 8.43. The Morgan fingerprint density at radius 2 is 2.00 bits per heavy atom. The van der Waals surface area contributed by atoms with Gasteiger partial charge in [-0.15, -0.1) is 0 Å². The summed E-state index contributed by atoms with van der Waals surface area (Å²) < 4.78 is 0. The predicted molar refractivity (Wildman–Crippen MR) is 69.6 cm³/mol. The molecule has 0 spiro atoms. The molecule has 17 heavy (non-hydrogen) atoms. The normalized spacial score (nSPS) is 17.6. The molecule has 4 heteroatoms. The fourth-order valence-electron chi connectivity index (χ4n) is 2.30. The number of hydrogen-bond acceptors (Lipinski definition) is 3. The lowest BCUT2D eigenvalue weighted by Gasteiger charge is -2.27. The van der Waals surface area contributed by atoms with E-state index >= 15 is 0 Å². The van der Waals surface area contributed by atoms with E-state index in [1.165, 1.54) is 16.5 Å². The number of rotatable bonds is 3. The van der Waals surface area contributed by atoms with Gasteiger partial charge in [-0.25, -0.2) is 5.01 Å². The molecule has 0 amide bonds. The van der Waals surface area contributed by atoms with Crippen molar-refractivity contribution in [2.75, 3.05) is 26.2 Å². The maximum Gasteiger partial charge on any atom is 0.0457 e. The molecule has 0 unspecified atom stereocenters. The Hall–Kier alpha value is -1.36. The average molecular weight is 230 g/mol. The summed E-state index contributed by atoms with van der Waals surface area (Å²) >= 11 is 0. The van der Waals surface area contributed by atoms with Gasteiger partial charge in [0.25, 0.3) is 0 Å². The van der Waals surface area contributed by atoms with Gasteiger partial charge in [-0.2, -0.15) is 0 Å². The summed E-state index contributed by atoms with van der Waals surface area (Å²) in [4.78, 5) is 3.31. The molecule has 1 aromatic heterocycles. The van der Waals surface area contributed by atoms with E-state index in [2.05, 4.69) is 51.2 Å². The molecule has 0 atom stereocenters. The zero-order chi connectivity index (χ0) is 11.5. The molecule has 3 N–H and O–H groups in total. The van der Waals surface area contributed by atoms with E-state index in [1.54, 1.807) is 0 Å². The number of aromatic nitrogens is 1. The van der Waals surface area contributed by atoms with Crippen LogP contribution in [-0.4, -0.2) is 36.2 Å². The smallest absolute Gasteiger partial charge is 0.0457 e. The fourth-order valence-corrected chi connectivity index (χ4v) is 2.30. The van der Waals surface area contributed by atoms with Gasteiger partial charge in [-0.05, 0) is 11.6 Å². The van der Waals surface area contributed by atoms with Gasteiger partial charge < -0.3 is 10.3 Å². The molecule has 4 nitrogen and oxygen atoms in total. The summed E-state index contributed by atoms with van der Waals surface area (Å²) in [7, 11) is 0. The van der Waals surface area contributed by atoms with Crippen LogP contribution in [0.15, 0.2) is 30.5 Å². The van der Waals surface area contributed by atoms with Crippen molar-refractivity contribution < 1.29 is 0 Å². The highest BCUT2D eigenvalue weighted by Crippen LogP contribution is 2.17. The van der Waals surface area contributed by atoms with Crippen LogP contribution in [0, 0.1) is 0 Å². The van der Waals surface area contributed by atoms with Gasteiger partial charge in [-0.3, -0.25) is 5.43 Å². The maximum atomic E-state index is 3.49. The minimum Gasteiger partial charge on any atom is -0.361 e. The Labute approximate surface area is 101 Å². The van der Waals surface area contributed by atoms with Crippen LogP contribution >= 0.6 is 0 Å². The molecule has 0 aliphatic carbocycles. The number of H-pyrrole nitrogens is 1. The first-order valence-corrected chi connectivity index (χ1v) is 6.17. The van der Waals surface area contributed by atoms with Gasteiger partial charge in [-0.1, -0.05) is 18.2 Å². The van der Waals surface area contributed by atoms with Crippen LogP contribution in [0.2, 0.25) is 0 Å². The average Bonchev–Trinajstić information content (AvgIpc) is 2.81. The van der Waals surface area contributed by atoms with E-state index in [-0.39, 0.29) is 0 Å². The van der Waals surface area contributed by atoms with Crippen LogP contribution in [0.25, 0.3) is 10.9 Å². The quantitative estimate of drug-likeness (QED) is 0.739. The molecular formula is C13H18N4. The molecule has 1 aromatic carbocycles. The third kappa shape index (κ3) is 2.34. The van der Waals surface area contributed by atoms with Crippen LogP contribution in [0.3, 0.4) is 0 Å². The molecule has 1 fully saturated rings. The van der Waals surface area contributed by atoms with Crippen molar-refractivity contribution in [3.05, 3.63) is 36.0 Å². The van der Waals surface area contributed by atoms with E-state index in [0.717, 1.165) is 32.7 Å². The van der Waals surface area contributed by atoms with E-state index in [0.29, 0.717) is 0 Å². The number of piperazine rings is 1. The standard InChI is InChI=1S/C13H18N4/c1-2-4-13-12(3-1)11(9-15-13)10-16-17-7-5-14-6-8-17/h1-4,9,14-16H,5-8,10H2. The number of nitrogens with zero attached hydrogens (tertiary/aromatic N) is 1. The number of nitrogens with one attached hydrogen (secondary N) is 3. The number of hydrogen-bond donors (Lipinski definition) is 3. The maximum absolute atomic E-state index is 3.49. The first kappa shape index (κ1) is 10.8. The molecule has 1 saturated heterocycles. The second-order valence-corrected chi connectivity index (χ2v) is 4.43. The molecule has 1 aliphatic rings. The van der Waals surface area contributed by atoms with E-state index < -0.39 is 0 Å². The minimum atomic E-state index is 0.893.